The zero-order chi connectivity index (χ0) is 23.7. The topological polar surface area (TPSA) is 107 Å². The quantitative estimate of drug-likeness (QED) is 0.644. The van der Waals surface area contributed by atoms with Gasteiger partial charge in [0.25, 0.3) is 10.0 Å². The van der Waals surface area contributed by atoms with E-state index >= 15 is 0 Å². The van der Waals surface area contributed by atoms with Crippen molar-refractivity contribution in [2.24, 2.45) is 0 Å². The molecule has 0 spiro atoms. The third kappa shape index (κ3) is 5.09. The minimum atomic E-state index is -4.08. The number of benzene rings is 2. The van der Waals surface area contributed by atoms with Crippen LogP contribution in [-0.2, 0) is 19.9 Å². The molecule has 12 heteroatoms. The van der Waals surface area contributed by atoms with Gasteiger partial charge in [-0.1, -0.05) is 6.07 Å². The number of aryl methyl sites for hydroxylation is 1. The Labute approximate surface area is 187 Å². The first-order valence-electron chi connectivity index (χ1n) is 9.77. The van der Waals surface area contributed by atoms with Gasteiger partial charge in [0, 0.05) is 40.3 Å². The average molecular weight is 485 g/mol. The average Bonchev–Trinajstić information content (AvgIpc) is 2.73. The molecule has 1 N–H and O–H groups in total. The molecule has 0 saturated carbocycles. The number of amides is 2. The molecule has 1 saturated heterocycles. The number of nitrogens with zero attached hydrogens (tertiary/aromatic N) is 3. The van der Waals surface area contributed by atoms with Crippen molar-refractivity contribution < 1.29 is 26.0 Å². The van der Waals surface area contributed by atoms with Crippen molar-refractivity contribution in [1.29, 1.82) is 0 Å². The van der Waals surface area contributed by atoms with Crippen LogP contribution in [0.5, 0.6) is 0 Å². The summed E-state index contributed by atoms with van der Waals surface area (Å²) in [5, 5.41) is 1.48. The summed E-state index contributed by atoms with van der Waals surface area (Å²) >= 11 is 0. The van der Waals surface area contributed by atoms with Gasteiger partial charge in [-0.2, -0.15) is 0 Å². The van der Waals surface area contributed by atoms with E-state index in [0.29, 0.717) is 18.7 Å². The van der Waals surface area contributed by atoms with Gasteiger partial charge in [0.05, 0.1) is 14.7 Å². The smallest absolute Gasteiger partial charge is 0.319 e. The lowest BCUT2D eigenvalue weighted by Crippen LogP contribution is -2.56. The molecule has 32 heavy (non-hydrogen) atoms. The Morgan fingerprint density at radius 2 is 1.50 bits per heavy atom. The Bertz CT molecular complexity index is 1210. The fourth-order valence-electron chi connectivity index (χ4n) is 3.28. The second-order valence-electron chi connectivity index (χ2n) is 7.63. The van der Waals surface area contributed by atoms with E-state index < -0.39 is 25.7 Å². The van der Waals surface area contributed by atoms with E-state index in [2.05, 4.69) is 4.83 Å². The predicted molar refractivity (Wildman–Crippen MR) is 116 cm³/mol. The number of rotatable bonds is 5. The molecule has 9 nitrogen and oxygen atoms in total. The highest BCUT2D eigenvalue weighted by Gasteiger charge is 2.28. The van der Waals surface area contributed by atoms with Gasteiger partial charge in [-0.05, 0) is 48.9 Å². The summed E-state index contributed by atoms with van der Waals surface area (Å²) in [4.78, 5) is 17.1. The maximum Gasteiger partial charge on any atom is 0.319 e. The van der Waals surface area contributed by atoms with Crippen LogP contribution in [0.4, 0.5) is 9.18 Å². The third-order valence-electron chi connectivity index (χ3n) is 5.07. The van der Waals surface area contributed by atoms with Crippen LogP contribution in [0.2, 0.25) is 0 Å². The fourth-order valence-corrected chi connectivity index (χ4v) is 6.03. The summed E-state index contributed by atoms with van der Waals surface area (Å²) in [6, 6.07) is 8.00. The molecular weight excluding hydrogens is 459 g/mol. The van der Waals surface area contributed by atoms with Crippen molar-refractivity contribution >= 4 is 25.9 Å². The minimum absolute atomic E-state index is 0.138. The normalized spacial score (nSPS) is 15.6. The first-order chi connectivity index (χ1) is 14.9. The zero-order valence-electron chi connectivity index (χ0n) is 17.9. The number of sulfone groups is 1. The van der Waals surface area contributed by atoms with Crippen LogP contribution in [0, 0.1) is 12.7 Å². The van der Waals surface area contributed by atoms with Gasteiger partial charge in [0.1, 0.15) is 5.82 Å². The van der Waals surface area contributed by atoms with Crippen molar-refractivity contribution in [3.8, 4) is 0 Å². The maximum absolute atomic E-state index is 13.2. The van der Waals surface area contributed by atoms with Crippen LogP contribution in [-0.4, -0.2) is 77.9 Å². The van der Waals surface area contributed by atoms with Gasteiger partial charge in [-0.15, -0.1) is 4.83 Å². The van der Waals surface area contributed by atoms with E-state index in [1.165, 1.54) is 22.0 Å². The van der Waals surface area contributed by atoms with Crippen LogP contribution < -0.4 is 4.83 Å². The molecule has 1 heterocycles. The number of hydrogen-bond acceptors (Lipinski definition) is 6. The monoisotopic (exact) mass is 484 g/mol. The zero-order valence-corrected chi connectivity index (χ0v) is 19.6. The summed E-state index contributed by atoms with van der Waals surface area (Å²) in [6.45, 7) is 2.82. The van der Waals surface area contributed by atoms with Gasteiger partial charge >= 0.3 is 6.03 Å². The van der Waals surface area contributed by atoms with Crippen molar-refractivity contribution in [1.82, 2.24) is 19.6 Å². The summed E-state index contributed by atoms with van der Waals surface area (Å²) < 4.78 is 65.0. The number of carbonyl (C=O) groups excluding carboxylic acids is 1. The molecule has 1 aliphatic heterocycles. The molecule has 3 rings (SSSR count). The van der Waals surface area contributed by atoms with Gasteiger partial charge in [-0.25, -0.2) is 31.0 Å². The SMILES string of the molecule is Cc1ccc(S(=O)(=O)c2ccc(F)cc2)cc1S(=O)(=O)NN1CCN(C(=O)N(C)C)CC1. The summed E-state index contributed by atoms with van der Waals surface area (Å²) in [7, 11) is -4.82. The number of hydrogen-bond donors (Lipinski definition) is 1. The van der Waals surface area contributed by atoms with E-state index in [4.69, 9.17) is 0 Å². The Morgan fingerprint density at radius 1 is 0.938 bits per heavy atom. The highest BCUT2D eigenvalue weighted by Crippen LogP contribution is 2.26. The van der Waals surface area contributed by atoms with Crippen LogP contribution in [0.1, 0.15) is 5.56 Å². The lowest BCUT2D eigenvalue weighted by Gasteiger charge is -2.35. The highest BCUT2D eigenvalue weighted by atomic mass is 32.2. The van der Waals surface area contributed by atoms with E-state index in [1.807, 2.05) is 0 Å². The number of nitrogens with one attached hydrogen (secondary N) is 1. The standard InChI is InChI=1S/C20H25FN4O5S2/c1-15-4-7-18(31(27,28)17-8-5-16(21)6-9-17)14-19(15)32(29,30)22-25-12-10-24(11-13-25)20(26)23(2)3/h4-9,14,22H,10-13H2,1-3H3. The Hall–Kier alpha value is -2.54. The van der Waals surface area contributed by atoms with Gasteiger partial charge in [-0.3, -0.25) is 0 Å². The van der Waals surface area contributed by atoms with Crippen molar-refractivity contribution in [2.75, 3.05) is 40.3 Å². The first kappa shape index (κ1) is 24.1. The number of sulfonamides is 1. The van der Waals surface area contributed by atoms with Gasteiger partial charge in [0.2, 0.25) is 9.84 Å². The molecule has 1 aliphatic rings. The first-order valence-corrected chi connectivity index (χ1v) is 12.7. The van der Waals surface area contributed by atoms with E-state index in [-0.39, 0.29) is 33.8 Å². The number of carbonyl (C=O) groups is 1. The minimum Gasteiger partial charge on any atom is -0.331 e. The van der Waals surface area contributed by atoms with Gasteiger partial charge in [0.15, 0.2) is 0 Å². The van der Waals surface area contributed by atoms with E-state index in [1.54, 1.807) is 25.9 Å². The van der Waals surface area contributed by atoms with Crippen molar-refractivity contribution in [3.05, 3.63) is 53.8 Å². The Morgan fingerprint density at radius 3 is 2.06 bits per heavy atom. The number of hydrazine groups is 1. The molecular formula is C20H25FN4O5S2. The molecule has 2 aromatic carbocycles. The molecule has 1 fully saturated rings. The van der Waals surface area contributed by atoms with Crippen LogP contribution in [0.25, 0.3) is 0 Å². The Kier molecular flexibility index (Phi) is 6.89. The molecule has 0 bridgehead atoms. The number of urea groups is 1. The van der Waals surface area contributed by atoms with Crippen molar-refractivity contribution in [3.63, 3.8) is 0 Å². The van der Waals surface area contributed by atoms with E-state index in [9.17, 15) is 26.0 Å². The molecule has 0 aliphatic carbocycles. The predicted octanol–water partition coefficient (Wildman–Crippen LogP) is 1.46. The second kappa shape index (κ2) is 9.14. The maximum atomic E-state index is 13.2. The van der Waals surface area contributed by atoms with Crippen LogP contribution in [0.15, 0.2) is 57.2 Å². The summed E-state index contributed by atoms with van der Waals surface area (Å²) in [5.41, 5.74) is 0.372. The van der Waals surface area contributed by atoms with Crippen LogP contribution >= 0.6 is 0 Å². The molecule has 0 aromatic heterocycles. The third-order valence-corrected chi connectivity index (χ3v) is 8.35. The number of piperazine rings is 1. The largest absolute Gasteiger partial charge is 0.331 e. The molecule has 174 valence electrons. The lowest BCUT2D eigenvalue weighted by molar-refractivity contribution is 0.112. The fraction of sp³-hybridized carbons (Fsp3) is 0.350. The highest BCUT2D eigenvalue weighted by molar-refractivity contribution is 7.91. The summed E-state index contributed by atoms with van der Waals surface area (Å²) in [6.07, 6.45) is 0. The lowest BCUT2D eigenvalue weighted by atomic mass is 10.2. The second-order valence-corrected chi connectivity index (χ2v) is 11.2. The molecule has 2 amide bonds. The molecule has 0 unspecified atom stereocenters. The van der Waals surface area contributed by atoms with Crippen molar-refractivity contribution in [2.45, 2.75) is 21.6 Å². The molecule has 2 aromatic rings. The van der Waals surface area contributed by atoms with Gasteiger partial charge < -0.3 is 9.80 Å². The molecule has 0 atom stereocenters. The molecule has 0 radical (unpaired) electrons. The Balaban J connectivity index is 1.82. The summed E-state index contributed by atoms with van der Waals surface area (Å²) in [5.74, 6) is -0.576. The number of halogens is 1. The van der Waals surface area contributed by atoms with E-state index in [0.717, 1.165) is 30.3 Å². The van der Waals surface area contributed by atoms with Crippen LogP contribution in [0.3, 0.4) is 0 Å².